The second-order valence-corrected chi connectivity index (χ2v) is 7.88. The number of rotatable bonds is 4. The molecular formula is C19H36Cl2N4O3. The molecule has 3 aliphatic heterocycles. The predicted molar refractivity (Wildman–Crippen MR) is 114 cm³/mol. The van der Waals surface area contributed by atoms with Crippen LogP contribution in [0.3, 0.4) is 0 Å². The number of esters is 1. The van der Waals surface area contributed by atoms with E-state index in [-0.39, 0.29) is 36.8 Å². The lowest BCUT2D eigenvalue weighted by Crippen LogP contribution is -2.61. The molecule has 0 radical (unpaired) electrons. The van der Waals surface area contributed by atoms with Crippen molar-refractivity contribution in [3.05, 3.63) is 0 Å². The van der Waals surface area contributed by atoms with E-state index >= 15 is 0 Å². The third-order valence-electron chi connectivity index (χ3n) is 6.33. The van der Waals surface area contributed by atoms with Crippen LogP contribution in [0.2, 0.25) is 0 Å². The third-order valence-corrected chi connectivity index (χ3v) is 6.33. The summed E-state index contributed by atoms with van der Waals surface area (Å²) in [5.74, 6) is 1.00. The Hall–Kier alpha value is -0.760. The number of urea groups is 1. The van der Waals surface area contributed by atoms with Crippen molar-refractivity contribution in [1.29, 1.82) is 0 Å². The molecule has 2 amide bonds. The number of hydrogen-bond acceptors (Lipinski definition) is 5. The number of hydrogen-bond donors (Lipinski definition) is 2. The summed E-state index contributed by atoms with van der Waals surface area (Å²) >= 11 is 0. The molecule has 9 heteroatoms. The molecule has 0 aromatic heterocycles. The topological polar surface area (TPSA) is 73.9 Å². The van der Waals surface area contributed by atoms with E-state index in [1.54, 1.807) is 0 Å². The zero-order chi connectivity index (χ0) is 18.4. The summed E-state index contributed by atoms with van der Waals surface area (Å²) in [6.45, 7) is 6.38. The van der Waals surface area contributed by atoms with Gasteiger partial charge in [0.1, 0.15) is 0 Å². The molecule has 7 nitrogen and oxygen atoms in total. The van der Waals surface area contributed by atoms with Crippen molar-refractivity contribution in [2.75, 3.05) is 52.9 Å². The lowest BCUT2D eigenvalue weighted by Gasteiger charge is -2.45. The Morgan fingerprint density at radius 3 is 2.29 bits per heavy atom. The fourth-order valence-electron chi connectivity index (χ4n) is 4.63. The Morgan fingerprint density at radius 2 is 1.64 bits per heavy atom. The Bertz CT molecular complexity index is 484. The number of piperazine rings is 1. The first-order valence-corrected chi connectivity index (χ1v) is 10.2. The quantitative estimate of drug-likeness (QED) is 0.655. The summed E-state index contributed by atoms with van der Waals surface area (Å²) in [6.07, 6.45) is 5.67. The Labute approximate surface area is 181 Å². The van der Waals surface area contributed by atoms with Crippen molar-refractivity contribution in [3.8, 4) is 0 Å². The van der Waals surface area contributed by atoms with E-state index in [0.717, 1.165) is 77.9 Å². The number of halogens is 2. The normalized spacial score (nSPS) is 24.1. The van der Waals surface area contributed by atoms with Crippen LogP contribution in [-0.2, 0) is 9.53 Å². The number of carbonyl (C=O) groups is 2. The van der Waals surface area contributed by atoms with E-state index in [2.05, 4.69) is 15.5 Å². The monoisotopic (exact) mass is 438 g/mol. The summed E-state index contributed by atoms with van der Waals surface area (Å²) in [5.41, 5.74) is 0. The smallest absolute Gasteiger partial charge is 0.320 e. The van der Waals surface area contributed by atoms with Gasteiger partial charge in [-0.2, -0.15) is 0 Å². The lowest BCUT2D eigenvalue weighted by atomic mass is 9.88. The van der Waals surface area contributed by atoms with Gasteiger partial charge in [-0.3, -0.25) is 4.79 Å². The van der Waals surface area contributed by atoms with Gasteiger partial charge in [-0.1, -0.05) is 0 Å². The van der Waals surface area contributed by atoms with E-state index in [1.165, 1.54) is 7.11 Å². The fourth-order valence-corrected chi connectivity index (χ4v) is 4.63. The van der Waals surface area contributed by atoms with Crippen molar-refractivity contribution < 1.29 is 14.3 Å². The third kappa shape index (κ3) is 6.65. The Balaban J connectivity index is 0.00000196. The second kappa shape index (κ2) is 12.7. The van der Waals surface area contributed by atoms with Crippen molar-refractivity contribution in [2.24, 2.45) is 11.8 Å². The molecule has 0 aromatic carbocycles. The van der Waals surface area contributed by atoms with Crippen LogP contribution >= 0.6 is 24.8 Å². The molecule has 28 heavy (non-hydrogen) atoms. The highest BCUT2D eigenvalue weighted by molar-refractivity contribution is 5.85. The number of nitrogens with one attached hydrogen (secondary N) is 2. The molecule has 0 saturated carbocycles. The second-order valence-electron chi connectivity index (χ2n) is 7.88. The number of ether oxygens (including phenoxy) is 1. The van der Waals surface area contributed by atoms with Crippen LogP contribution < -0.4 is 10.6 Å². The number of piperidine rings is 2. The molecule has 3 saturated heterocycles. The maximum Gasteiger partial charge on any atom is 0.320 e. The minimum atomic E-state index is -0.130. The summed E-state index contributed by atoms with van der Waals surface area (Å²) in [5, 5.41) is 6.91. The highest BCUT2D eigenvalue weighted by Crippen LogP contribution is 2.26. The van der Waals surface area contributed by atoms with Crippen molar-refractivity contribution in [3.63, 3.8) is 0 Å². The summed E-state index contributed by atoms with van der Waals surface area (Å²) in [7, 11) is 1.44. The van der Waals surface area contributed by atoms with E-state index in [4.69, 9.17) is 4.74 Å². The molecule has 0 aliphatic carbocycles. The minimum absolute atomic E-state index is 0. The summed E-state index contributed by atoms with van der Waals surface area (Å²) in [6, 6.07) is 0.553. The SMILES string of the molecule is COC(=O)CCC1CCN(C(=O)N2CCNCC2C2CCNCC2)CC1.Cl.Cl. The molecule has 3 heterocycles. The highest BCUT2D eigenvalue weighted by Gasteiger charge is 2.36. The molecule has 1 unspecified atom stereocenters. The van der Waals surface area contributed by atoms with Crippen molar-refractivity contribution in [2.45, 2.75) is 44.6 Å². The van der Waals surface area contributed by atoms with E-state index in [1.807, 2.05) is 4.90 Å². The molecule has 164 valence electrons. The lowest BCUT2D eigenvalue weighted by molar-refractivity contribution is -0.141. The van der Waals surface area contributed by atoms with E-state index < -0.39 is 0 Å². The van der Waals surface area contributed by atoms with Crippen LogP contribution in [0.25, 0.3) is 0 Å². The average Bonchev–Trinajstić information content (AvgIpc) is 2.72. The van der Waals surface area contributed by atoms with Gasteiger partial charge in [0.05, 0.1) is 7.11 Å². The first-order valence-electron chi connectivity index (χ1n) is 10.2. The predicted octanol–water partition coefficient (Wildman–Crippen LogP) is 1.89. The molecule has 1 atom stereocenters. The first kappa shape index (κ1) is 25.3. The van der Waals surface area contributed by atoms with Gasteiger partial charge in [-0.05, 0) is 57.0 Å². The first-order chi connectivity index (χ1) is 12.7. The molecule has 3 aliphatic rings. The summed E-state index contributed by atoms with van der Waals surface area (Å²) in [4.78, 5) is 28.7. The molecule has 0 spiro atoms. The molecular weight excluding hydrogens is 403 g/mol. The number of amides is 2. The van der Waals surface area contributed by atoms with Gasteiger partial charge < -0.3 is 25.2 Å². The van der Waals surface area contributed by atoms with Crippen LogP contribution in [0.5, 0.6) is 0 Å². The zero-order valence-electron chi connectivity index (χ0n) is 16.9. The van der Waals surface area contributed by atoms with Gasteiger partial charge in [0.25, 0.3) is 0 Å². The van der Waals surface area contributed by atoms with Gasteiger partial charge >= 0.3 is 12.0 Å². The Morgan fingerprint density at radius 1 is 0.964 bits per heavy atom. The maximum absolute atomic E-state index is 13.2. The standard InChI is InChI=1S/C19H34N4O3.2ClH/c1-26-18(24)3-2-15-6-11-22(12-7-15)19(25)23-13-10-21-14-17(23)16-4-8-20-9-5-16;;/h15-17,20-21H,2-14H2,1H3;2*1H. The molecule has 0 bridgehead atoms. The Kier molecular flexibility index (Phi) is 11.5. The van der Waals surface area contributed by atoms with Gasteiger partial charge in [-0.15, -0.1) is 24.8 Å². The number of carbonyl (C=O) groups excluding carboxylic acids is 2. The van der Waals surface area contributed by atoms with Crippen molar-refractivity contribution >= 4 is 36.8 Å². The maximum atomic E-state index is 13.2. The largest absolute Gasteiger partial charge is 0.469 e. The average molecular weight is 439 g/mol. The zero-order valence-corrected chi connectivity index (χ0v) is 18.5. The molecule has 0 aromatic rings. The van der Waals surface area contributed by atoms with Crippen molar-refractivity contribution in [1.82, 2.24) is 20.4 Å². The number of methoxy groups -OCH3 is 1. The van der Waals surface area contributed by atoms with Crippen LogP contribution in [0.4, 0.5) is 4.79 Å². The highest BCUT2D eigenvalue weighted by atomic mass is 35.5. The number of nitrogens with zero attached hydrogens (tertiary/aromatic N) is 2. The van der Waals surface area contributed by atoms with Crippen LogP contribution in [-0.4, -0.2) is 80.8 Å². The van der Waals surface area contributed by atoms with Crippen LogP contribution in [0.15, 0.2) is 0 Å². The summed E-state index contributed by atoms with van der Waals surface area (Å²) < 4.78 is 4.73. The fraction of sp³-hybridized carbons (Fsp3) is 0.895. The molecule has 3 rings (SSSR count). The van der Waals surface area contributed by atoms with Gasteiger partial charge in [0.15, 0.2) is 0 Å². The van der Waals surface area contributed by atoms with Gasteiger partial charge in [-0.25, -0.2) is 4.79 Å². The number of likely N-dealkylation sites (tertiary alicyclic amines) is 1. The van der Waals surface area contributed by atoms with E-state index in [0.29, 0.717) is 24.3 Å². The minimum Gasteiger partial charge on any atom is -0.469 e. The molecule has 3 fully saturated rings. The molecule has 2 N–H and O–H groups in total. The van der Waals surface area contributed by atoms with Crippen LogP contribution in [0.1, 0.15) is 38.5 Å². The van der Waals surface area contributed by atoms with Gasteiger partial charge in [0, 0.05) is 45.2 Å². The van der Waals surface area contributed by atoms with Crippen LogP contribution in [0, 0.1) is 11.8 Å². The van der Waals surface area contributed by atoms with Gasteiger partial charge in [0.2, 0.25) is 0 Å². The van der Waals surface area contributed by atoms with E-state index in [9.17, 15) is 9.59 Å².